The zero-order valence-corrected chi connectivity index (χ0v) is 19.3. The van der Waals surface area contributed by atoms with Crippen LogP contribution in [-0.2, 0) is 25.6 Å². The highest BCUT2D eigenvalue weighted by molar-refractivity contribution is 7.92. The Morgan fingerprint density at radius 1 is 1.03 bits per heavy atom. The molecule has 162 valence electrons. The molecule has 0 spiro atoms. The third-order valence-electron chi connectivity index (χ3n) is 5.81. The summed E-state index contributed by atoms with van der Waals surface area (Å²) in [6.45, 7) is 10.2. The first-order valence-corrected chi connectivity index (χ1v) is 12.2. The van der Waals surface area contributed by atoms with Gasteiger partial charge < -0.3 is 5.32 Å². The number of anilines is 2. The molecule has 2 aromatic carbocycles. The molecular weight excluding hydrogens is 396 g/mol. The lowest BCUT2D eigenvalue weighted by Gasteiger charge is -2.22. The lowest BCUT2D eigenvalue weighted by atomic mass is 9.85. The highest BCUT2D eigenvalue weighted by Gasteiger charge is 2.51. The van der Waals surface area contributed by atoms with Crippen molar-refractivity contribution in [2.24, 2.45) is 0 Å². The third-order valence-corrected chi connectivity index (χ3v) is 7.29. The number of amides is 1. The van der Waals surface area contributed by atoms with Crippen LogP contribution in [0.5, 0.6) is 0 Å². The fourth-order valence-corrected chi connectivity index (χ4v) is 4.87. The lowest BCUT2D eigenvalue weighted by molar-refractivity contribution is -0.118. The van der Waals surface area contributed by atoms with E-state index in [0.29, 0.717) is 23.4 Å². The van der Waals surface area contributed by atoms with E-state index in [0.717, 1.165) is 18.4 Å². The molecule has 1 aliphatic carbocycles. The summed E-state index contributed by atoms with van der Waals surface area (Å²) in [5.41, 5.74) is 3.69. The summed E-state index contributed by atoms with van der Waals surface area (Å²) in [7, 11) is -3.39. The van der Waals surface area contributed by atoms with Gasteiger partial charge in [0, 0.05) is 5.69 Å². The van der Waals surface area contributed by atoms with E-state index < -0.39 is 15.4 Å². The van der Waals surface area contributed by atoms with Crippen molar-refractivity contribution in [3.63, 3.8) is 0 Å². The van der Waals surface area contributed by atoms with Gasteiger partial charge in [-0.25, -0.2) is 8.42 Å². The van der Waals surface area contributed by atoms with Gasteiger partial charge in [0.15, 0.2) is 0 Å². The minimum Gasteiger partial charge on any atom is -0.325 e. The minimum atomic E-state index is -3.39. The van der Waals surface area contributed by atoms with Crippen molar-refractivity contribution in [3.05, 3.63) is 59.2 Å². The van der Waals surface area contributed by atoms with Crippen molar-refractivity contribution >= 4 is 27.3 Å². The Balaban J connectivity index is 1.80. The number of carbonyl (C=O) groups excluding carboxylic acids is 1. The maximum Gasteiger partial charge on any atom is 0.235 e. The van der Waals surface area contributed by atoms with Crippen LogP contribution in [0.3, 0.4) is 0 Å². The maximum atomic E-state index is 13.2. The van der Waals surface area contributed by atoms with Gasteiger partial charge in [0.25, 0.3) is 0 Å². The Kier molecular flexibility index (Phi) is 6.01. The monoisotopic (exact) mass is 428 g/mol. The summed E-state index contributed by atoms with van der Waals surface area (Å²) in [6.07, 6.45) is 2.17. The largest absolute Gasteiger partial charge is 0.325 e. The van der Waals surface area contributed by atoms with Crippen LogP contribution in [0.15, 0.2) is 42.5 Å². The zero-order chi connectivity index (χ0) is 22.2. The Morgan fingerprint density at radius 3 is 2.17 bits per heavy atom. The van der Waals surface area contributed by atoms with E-state index in [1.807, 2.05) is 19.9 Å². The molecule has 0 radical (unpaired) electrons. The van der Waals surface area contributed by atoms with Crippen LogP contribution in [-0.4, -0.2) is 20.1 Å². The molecule has 2 N–H and O–H groups in total. The van der Waals surface area contributed by atoms with Crippen LogP contribution in [0, 0.1) is 6.92 Å². The Hall–Kier alpha value is -2.34. The molecular formula is C24H32N2O3S. The van der Waals surface area contributed by atoms with Crippen LogP contribution >= 0.6 is 0 Å². The molecule has 0 saturated heterocycles. The van der Waals surface area contributed by atoms with Crippen molar-refractivity contribution in [1.82, 2.24) is 0 Å². The van der Waals surface area contributed by atoms with Crippen LogP contribution < -0.4 is 10.0 Å². The molecule has 5 nitrogen and oxygen atoms in total. The second-order valence-electron chi connectivity index (χ2n) is 9.26. The summed E-state index contributed by atoms with van der Waals surface area (Å²) in [6, 6.07) is 13.6. The summed E-state index contributed by atoms with van der Waals surface area (Å²) >= 11 is 0. The van der Waals surface area contributed by atoms with Gasteiger partial charge in [-0.15, -0.1) is 0 Å². The Labute approximate surface area is 180 Å². The highest BCUT2D eigenvalue weighted by atomic mass is 32.2. The van der Waals surface area contributed by atoms with Gasteiger partial charge in [-0.2, -0.15) is 0 Å². The number of hydrogen-bond acceptors (Lipinski definition) is 3. The first-order valence-electron chi connectivity index (χ1n) is 10.5. The van der Waals surface area contributed by atoms with E-state index in [9.17, 15) is 13.2 Å². The van der Waals surface area contributed by atoms with Crippen molar-refractivity contribution in [2.75, 3.05) is 15.8 Å². The average Bonchev–Trinajstić information content (AvgIpc) is 3.46. The van der Waals surface area contributed by atoms with Gasteiger partial charge in [-0.05, 0) is 60.4 Å². The van der Waals surface area contributed by atoms with Crippen LogP contribution in [0.4, 0.5) is 11.4 Å². The van der Waals surface area contributed by atoms with Crippen molar-refractivity contribution in [2.45, 2.75) is 64.7 Å². The van der Waals surface area contributed by atoms with E-state index in [2.05, 4.69) is 55.1 Å². The number of carbonyl (C=O) groups is 1. The van der Waals surface area contributed by atoms with Gasteiger partial charge in [0.1, 0.15) is 0 Å². The van der Waals surface area contributed by atoms with E-state index in [-0.39, 0.29) is 17.1 Å². The lowest BCUT2D eigenvalue weighted by Crippen LogP contribution is -2.28. The van der Waals surface area contributed by atoms with Crippen LogP contribution in [0.2, 0.25) is 0 Å². The van der Waals surface area contributed by atoms with Crippen molar-refractivity contribution < 1.29 is 13.2 Å². The zero-order valence-electron chi connectivity index (χ0n) is 18.5. The molecule has 0 unspecified atom stereocenters. The first kappa shape index (κ1) is 22.3. The molecule has 0 atom stereocenters. The standard InChI is InChI=1S/C24H32N2O3S/c1-6-16-30(28,29)26-21-9-7-8-20(17(21)2)25-22(27)24(14-15-24)19-12-10-18(11-13-19)23(3,4)5/h7-13,26H,6,14-16H2,1-5H3,(H,25,27). The minimum absolute atomic E-state index is 0.0392. The van der Waals surface area contributed by atoms with E-state index in [1.165, 1.54) is 5.56 Å². The average molecular weight is 429 g/mol. The second-order valence-corrected chi connectivity index (χ2v) is 11.1. The molecule has 1 aliphatic rings. The number of rotatable bonds is 7. The van der Waals surface area contributed by atoms with Gasteiger partial charge in [-0.1, -0.05) is 58.0 Å². The SMILES string of the molecule is CCCS(=O)(=O)Nc1cccc(NC(=O)C2(c3ccc(C(C)(C)C)cc3)CC2)c1C. The highest BCUT2D eigenvalue weighted by Crippen LogP contribution is 2.49. The van der Waals surface area contributed by atoms with Crippen LogP contribution in [0.1, 0.15) is 63.6 Å². The summed E-state index contributed by atoms with van der Waals surface area (Å²) in [5, 5.41) is 3.04. The summed E-state index contributed by atoms with van der Waals surface area (Å²) in [5.74, 6) is 0.0270. The van der Waals surface area contributed by atoms with Gasteiger partial charge in [0.05, 0.1) is 16.9 Å². The van der Waals surface area contributed by atoms with Gasteiger partial charge in [-0.3, -0.25) is 9.52 Å². The predicted octanol–water partition coefficient (Wildman–Crippen LogP) is 5.11. The smallest absolute Gasteiger partial charge is 0.235 e. The van der Waals surface area contributed by atoms with Crippen molar-refractivity contribution in [3.8, 4) is 0 Å². The Morgan fingerprint density at radius 2 is 1.63 bits per heavy atom. The molecule has 2 aromatic rings. The van der Waals surface area contributed by atoms with Crippen LogP contribution in [0.25, 0.3) is 0 Å². The molecule has 1 amide bonds. The number of sulfonamides is 1. The Bertz CT molecular complexity index is 1030. The molecule has 0 aliphatic heterocycles. The van der Waals surface area contributed by atoms with E-state index in [1.54, 1.807) is 12.1 Å². The molecule has 0 heterocycles. The second kappa shape index (κ2) is 8.06. The van der Waals surface area contributed by atoms with Gasteiger partial charge >= 0.3 is 0 Å². The third kappa shape index (κ3) is 4.69. The molecule has 1 saturated carbocycles. The molecule has 0 bridgehead atoms. The maximum absolute atomic E-state index is 13.2. The number of nitrogens with one attached hydrogen (secondary N) is 2. The van der Waals surface area contributed by atoms with E-state index >= 15 is 0 Å². The molecule has 30 heavy (non-hydrogen) atoms. The molecule has 3 rings (SSSR count). The number of hydrogen-bond donors (Lipinski definition) is 2. The van der Waals surface area contributed by atoms with Gasteiger partial charge in [0.2, 0.25) is 15.9 Å². The summed E-state index contributed by atoms with van der Waals surface area (Å²) < 4.78 is 26.9. The fourth-order valence-electron chi connectivity index (χ4n) is 3.67. The quantitative estimate of drug-likeness (QED) is 0.643. The number of benzene rings is 2. The molecule has 1 fully saturated rings. The molecule has 6 heteroatoms. The predicted molar refractivity (Wildman–Crippen MR) is 124 cm³/mol. The summed E-state index contributed by atoms with van der Waals surface area (Å²) in [4.78, 5) is 13.2. The topological polar surface area (TPSA) is 75.3 Å². The van der Waals surface area contributed by atoms with E-state index in [4.69, 9.17) is 0 Å². The first-order chi connectivity index (χ1) is 14.0. The molecule has 0 aromatic heterocycles. The fraction of sp³-hybridized carbons (Fsp3) is 0.458. The van der Waals surface area contributed by atoms with Crippen molar-refractivity contribution in [1.29, 1.82) is 0 Å². The normalized spacial score (nSPS) is 15.5.